The van der Waals surface area contributed by atoms with Crippen LogP contribution in [0.15, 0.2) is 54.6 Å². The van der Waals surface area contributed by atoms with Crippen LogP contribution in [0.2, 0.25) is 0 Å². The van der Waals surface area contributed by atoms with Crippen molar-refractivity contribution in [2.24, 2.45) is 0 Å². The molecule has 1 N–H and O–H groups in total. The topological polar surface area (TPSA) is 23.5 Å². The molecular formula is C20H24FNO. The molecule has 1 fully saturated rings. The van der Waals surface area contributed by atoms with Crippen molar-refractivity contribution in [1.82, 2.24) is 4.90 Å². The van der Waals surface area contributed by atoms with Gasteiger partial charge in [0.2, 0.25) is 0 Å². The summed E-state index contributed by atoms with van der Waals surface area (Å²) in [6, 6.07) is 17.1. The highest BCUT2D eigenvalue weighted by Gasteiger charge is 2.25. The van der Waals surface area contributed by atoms with Crippen LogP contribution in [0.25, 0.3) is 0 Å². The smallest absolute Gasteiger partial charge is 0.123 e. The highest BCUT2D eigenvalue weighted by Crippen LogP contribution is 2.28. The van der Waals surface area contributed by atoms with E-state index in [0.29, 0.717) is 12.5 Å². The predicted octanol–water partition coefficient (Wildman–Crippen LogP) is 4.30. The summed E-state index contributed by atoms with van der Waals surface area (Å²) in [5.74, 6) is -0.260. The molecule has 0 unspecified atom stereocenters. The summed E-state index contributed by atoms with van der Waals surface area (Å²) in [4.78, 5) is 2.48. The summed E-state index contributed by atoms with van der Waals surface area (Å²) in [6.45, 7) is 2.01. The molecular weight excluding hydrogens is 289 g/mol. The SMILES string of the molecule is O[C@@H](C[C@H]1CCCCN1Cc1ccccc1)c1ccc(F)cc1. The molecule has 0 bridgehead atoms. The molecule has 0 spiro atoms. The summed E-state index contributed by atoms with van der Waals surface area (Å²) < 4.78 is 13.0. The normalized spacial score (nSPS) is 20.3. The van der Waals surface area contributed by atoms with E-state index in [1.807, 2.05) is 6.07 Å². The number of piperidine rings is 1. The third-order valence-corrected chi connectivity index (χ3v) is 4.73. The number of hydrogen-bond donors (Lipinski definition) is 1. The van der Waals surface area contributed by atoms with Gasteiger partial charge in [-0.05, 0) is 49.1 Å². The van der Waals surface area contributed by atoms with E-state index in [1.54, 1.807) is 12.1 Å². The molecule has 0 saturated carbocycles. The zero-order valence-corrected chi connectivity index (χ0v) is 13.4. The molecule has 122 valence electrons. The van der Waals surface area contributed by atoms with Gasteiger partial charge in [0, 0.05) is 12.6 Å². The summed E-state index contributed by atoms with van der Waals surface area (Å²) in [6.07, 6.45) is 3.73. The second-order valence-electron chi connectivity index (χ2n) is 6.41. The van der Waals surface area contributed by atoms with Crippen molar-refractivity contribution >= 4 is 0 Å². The maximum absolute atomic E-state index is 13.0. The fourth-order valence-electron chi connectivity index (χ4n) is 3.43. The number of hydrogen-bond acceptors (Lipinski definition) is 2. The van der Waals surface area contributed by atoms with Crippen LogP contribution < -0.4 is 0 Å². The van der Waals surface area contributed by atoms with Crippen LogP contribution in [-0.4, -0.2) is 22.6 Å². The van der Waals surface area contributed by atoms with Crippen molar-refractivity contribution in [2.45, 2.75) is 44.4 Å². The van der Waals surface area contributed by atoms with E-state index in [1.165, 1.54) is 30.5 Å². The Labute approximate surface area is 137 Å². The molecule has 2 aromatic rings. The minimum atomic E-state index is -0.531. The van der Waals surface area contributed by atoms with Crippen LogP contribution in [0.5, 0.6) is 0 Å². The summed E-state index contributed by atoms with van der Waals surface area (Å²) >= 11 is 0. The van der Waals surface area contributed by atoms with E-state index in [-0.39, 0.29) is 5.82 Å². The van der Waals surface area contributed by atoms with E-state index in [0.717, 1.165) is 25.1 Å². The van der Waals surface area contributed by atoms with Crippen molar-refractivity contribution in [2.75, 3.05) is 6.54 Å². The van der Waals surface area contributed by atoms with Gasteiger partial charge in [0.25, 0.3) is 0 Å². The minimum Gasteiger partial charge on any atom is -0.388 e. The van der Waals surface area contributed by atoms with E-state index in [4.69, 9.17) is 0 Å². The number of aliphatic hydroxyl groups excluding tert-OH is 1. The van der Waals surface area contributed by atoms with Gasteiger partial charge in [0.05, 0.1) is 6.10 Å². The van der Waals surface area contributed by atoms with Crippen LogP contribution in [0.1, 0.15) is 42.9 Å². The first-order valence-corrected chi connectivity index (χ1v) is 8.44. The number of nitrogens with zero attached hydrogens (tertiary/aromatic N) is 1. The molecule has 2 nitrogen and oxygen atoms in total. The first-order chi connectivity index (χ1) is 11.2. The number of halogens is 1. The Morgan fingerprint density at radius 1 is 1.04 bits per heavy atom. The van der Waals surface area contributed by atoms with Crippen molar-refractivity contribution < 1.29 is 9.50 Å². The number of likely N-dealkylation sites (tertiary alicyclic amines) is 1. The molecule has 3 rings (SSSR count). The molecule has 2 atom stereocenters. The summed E-state index contributed by atoms with van der Waals surface area (Å²) in [5, 5.41) is 10.5. The fourth-order valence-corrected chi connectivity index (χ4v) is 3.43. The first-order valence-electron chi connectivity index (χ1n) is 8.44. The Hall–Kier alpha value is -1.71. The lowest BCUT2D eigenvalue weighted by Crippen LogP contribution is -2.39. The van der Waals surface area contributed by atoms with Crippen LogP contribution in [-0.2, 0) is 6.54 Å². The lowest BCUT2D eigenvalue weighted by atomic mass is 9.93. The number of aliphatic hydroxyl groups is 1. The predicted molar refractivity (Wildman–Crippen MR) is 90.5 cm³/mol. The summed E-state index contributed by atoms with van der Waals surface area (Å²) in [5.41, 5.74) is 2.12. The Kier molecular flexibility index (Phi) is 5.42. The van der Waals surface area contributed by atoms with E-state index >= 15 is 0 Å². The number of benzene rings is 2. The largest absolute Gasteiger partial charge is 0.388 e. The van der Waals surface area contributed by atoms with Crippen molar-refractivity contribution in [1.29, 1.82) is 0 Å². The van der Waals surface area contributed by atoms with Crippen LogP contribution in [0.3, 0.4) is 0 Å². The van der Waals surface area contributed by atoms with Gasteiger partial charge in [-0.3, -0.25) is 4.90 Å². The maximum Gasteiger partial charge on any atom is 0.123 e. The third-order valence-electron chi connectivity index (χ3n) is 4.73. The Morgan fingerprint density at radius 2 is 1.78 bits per heavy atom. The lowest BCUT2D eigenvalue weighted by Gasteiger charge is -2.37. The van der Waals surface area contributed by atoms with Gasteiger partial charge in [0.15, 0.2) is 0 Å². The molecule has 23 heavy (non-hydrogen) atoms. The minimum absolute atomic E-state index is 0.260. The van der Waals surface area contributed by atoms with Crippen molar-refractivity contribution in [3.05, 3.63) is 71.5 Å². The van der Waals surface area contributed by atoms with Crippen molar-refractivity contribution in [3.8, 4) is 0 Å². The zero-order valence-electron chi connectivity index (χ0n) is 13.4. The van der Waals surface area contributed by atoms with Gasteiger partial charge in [-0.15, -0.1) is 0 Å². The Bertz CT molecular complexity index is 599. The molecule has 3 heteroatoms. The molecule has 2 aromatic carbocycles. The molecule has 0 aliphatic carbocycles. The van der Waals surface area contributed by atoms with Gasteiger partial charge >= 0.3 is 0 Å². The van der Waals surface area contributed by atoms with Gasteiger partial charge in [-0.1, -0.05) is 48.9 Å². The highest BCUT2D eigenvalue weighted by atomic mass is 19.1. The lowest BCUT2D eigenvalue weighted by molar-refractivity contribution is 0.0736. The molecule has 1 heterocycles. The summed E-state index contributed by atoms with van der Waals surface area (Å²) in [7, 11) is 0. The molecule has 1 aliphatic rings. The first kappa shape index (κ1) is 16.2. The molecule has 1 aliphatic heterocycles. The quantitative estimate of drug-likeness (QED) is 0.889. The third kappa shape index (κ3) is 4.40. The van der Waals surface area contributed by atoms with Crippen molar-refractivity contribution in [3.63, 3.8) is 0 Å². The molecule has 1 saturated heterocycles. The zero-order chi connectivity index (χ0) is 16.1. The molecule has 0 aromatic heterocycles. The average Bonchev–Trinajstić information content (AvgIpc) is 2.58. The van der Waals surface area contributed by atoms with Crippen LogP contribution in [0, 0.1) is 5.82 Å². The Morgan fingerprint density at radius 3 is 2.52 bits per heavy atom. The number of rotatable bonds is 5. The average molecular weight is 313 g/mol. The molecule has 0 amide bonds. The second kappa shape index (κ2) is 7.71. The maximum atomic E-state index is 13.0. The van der Waals surface area contributed by atoms with Gasteiger partial charge in [-0.2, -0.15) is 0 Å². The van der Waals surface area contributed by atoms with Gasteiger partial charge in [0.1, 0.15) is 5.82 Å². The van der Waals surface area contributed by atoms with E-state index in [2.05, 4.69) is 29.2 Å². The monoisotopic (exact) mass is 313 g/mol. The fraction of sp³-hybridized carbons (Fsp3) is 0.400. The van der Waals surface area contributed by atoms with E-state index < -0.39 is 6.10 Å². The molecule has 0 radical (unpaired) electrons. The van der Waals surface area contributed by atoms with Gasteiger partial charge in [-0.25, -0.2) is 4.39 Å². The Balaban J connectivity index is 1.65. The highest BCUT2D eigenvalue weighted by molar-refractivity contribution is 5.19. The second-order valence-corrected chi connectivity index (χ2v) is 6.41. The standard InChI is InChI=1S/C20H24FNO/c21-18-11-9-17(10-12-18)20(23)14-19-8-4-5-13-22(19)15-16-6-2-1-3-7-16/h1-3,6-7,9-12,19-20,23H,4-5,8,13-15H2/t19-,20+/m1/s1. The van der Waals surface area contributed by atoms with E-state index in [9.17, 15) is 9.50 Å². The van der Waals surface area contributed by atoms with Crippen LogP contribution in [0.4, 0.5) is 4.39 Å². The van der Waals surface area contributed by atoms with Crippen LogP contribution >= 0.6 is 0 Å². The van der Waals surface area contributed by atoms with Gasteiger partial charge < -0.3 is 5.11 Å².